The number of nitrogens with one attached hydrogen (secondary N) is 2. The first-order chi connectivity index (χ1) is 13.0. The molecule has 7 nitrogen and oxygen atoms in total. The van der Waals surface area contributed by atoms with E-state index in [0.717, 1.165) is 15.7 Å². The van der Waals surface area contributed by atoms with Crippen LogP contribution in [0.25, 0.3) is 0 Å². The van der Waals surface area contributed by atoms with E-state index in [-0.39, 0.29) is 10.7 Å². The van der Waals surface area contributed by atoms with Gasteiger partial charge < -0.3 is 10.1 Å². The Bertz CT molecular complexity index is 1040. The summed E-state index contributed by atoms with van der Waals surface area (Å²) >= 11 is 8.10. The second-order valence-electron chi connectivity index (χ2n) is 5.66. The van der Waals surface area contributed by atoms with Crippen LogP contribution in [0.4, 0.5) is 20.2 Å². The minimum Gasteiger partial charge on any atom is -0.465 e. The molecular weight excluding hydrogens is 531 g/mol. The van der Waals surface area contributed by atoms with Crippen molar-refractivity contribution in [2.75, 3.05) is 26.5 Å². The van der Waals surface area contributed by atoms with E-state index in [2.05, 4.69) is 10.1 Å². The molecule has 2 aromatic rings. The van der Waals surface area contributed by atoms with Crippen molar-refractivity contribution >= 4 is 61.6 Å². The molecule has 12 heteroatoms. The molecule has 0 radical (unpaired) electrons. The van der Waals surface area contributed by atoms with E-state index < -0.39 is 43.8 Å². The molecule has 0 aliphatic heterocycles. The highest BCUT2D eigenvalue weighted by molar-refractivity contribution is 14.1. The van der Waals surface area contributed by atoms with Gasteiger partial charge in [0.25, 0.3) is 10.0 Å². The van der Waals surface area contributed by atoms with Crippen molar-refractivity contribution in [3.05, 3.63) is 50.1 Å². The zero-order valence-electron chi connectivity index (χ0n) is 14.8. The number of esters is 1. The van der Waals surface area contributed by atoms with Crippen molar-refractivity contribution in [1.82, 2.24) is 9.84 Å². The lowest BCUT2D eigenvalue weighted by Crippen LogP contribution is -2.36. The summed E-state index contributed by atoms with van der Waals surface area (Å²) in [6, 6.07) is 5.41. The fourth-order valence-electron chi connectivity index (χ4n) is 2.21. The number of methoxy groups -OCH3 is 1. The SMILES string of the molecule is COC(=O)c1cc(S(=O)(=O)NN(C)C)c(F)c(F)c1Nc1ccc(I)cc1Cl. The average Bonchev–Trinajstić information content (AvgIpc) is 2.59. The van der Waals surface area contributed by atoms with Gasteiger partial charge in [-0.3, -0.25) is 0 Å². The predicted molar refractivity (Wildman–Crippen MR) is 109 cm³/mol. The molecular formula is C16H15ClF2IN3O4S. The molecule has 2 N–H and O–H groups in total. The van der Waals surface area contributed by atoms with Crippen LogP contribution in [-0.4, -0.2) is 40.6 Å². The van der Waals surface area contributed by atoms with Crippen molar-refractivity contribution in [3.63, 3.8) is 0 Å². The molecule has 0 aliphatic rings. The topological polar surface area (TPSA) is 87.7 Å². The second-order valence-corrected chi connectivity index (χ2v) is 8.94. The molecule has 0 bridgehead atoms. The molecule has 2 aromatic carbocycles. The van der Waals surface area contributed by atoms with E-state index in [9.17, 15) is 22.0 Å². The molecule has 152 valence electrons. The molecule has 2 rings (SSSR count). The summed E-state index contributed by atoms with van der Waals surface area (Å²) in [5.74, 6) is -4.30. The fourth-order valence-corrected chi connectivity index (χ4v) is 4.29. The van der Waals surface area contributed by atoms with E-state index >= 15 is 0 Å². The molecule has 0 fully saturated rings. The number of rotatable bonds is 6. The van der Waals surface area contributed by atoms with Gasteiger partial charge >= 0.3 is 5.97 Å². The van der Waals surface area contributed by atoms with Crippen LogP contribution in [0.1, 0.15) is 10.4 Å². The Balaban J connectivity index is 2.69. The summed E-state index contributed by atoms with van der Waals surface area (Å²) in [6.07, 6.45) is 0. The Labute approximate surface area is 179 Å². The lowest BCUT2D eigenvalue weighted by molar-refractivity contribution is 0.0601. The van der Waals surface area contributed by atoms with Crippen molar-refractivity contribution in [1.29, 1.82) is 0 Å². The molecule has 0 spiro atoms. The maximum absolute atomic E-state index is 14.8. The number of nitrogens with zero attached hydrogens (tertiary/aromatic N) is 1. The van der Waals surface area contributed by atoms with Gasteiger partial charge in [0, 0.05) is 17.7 Å². The van der Waals surface area contributed by atoms with E-state index in [1.165, 1.54) is 20.2 Å². The molecule has 0 saturated carbocycles. The first kappa shape index (κ1) is 22.7. The van der Waals surface area contributed by atoms with Gasteiger partial charge in [-0.05, 0) is 46.9 Å². The van der Waals surface area contributed by atoms with Crippen LogP contribution in [0.3, 0.4) is 0 Å². The summed E-state index contributed by atoms with van der Waals surface area (Å²) in [6.45, 7) is 0. The lowest BCUT2D eigenvalue weighted by atomic mass is 10.1. The normalized spacial score (nSPS) is 11.6. The number of carbonyl (C=O) groups is 1. The van der Waals surface area contributed by atoms with Crippen molar-refractivity contribution in [2.45, 2.75) is 4.90 Å². The quantitative estimate of drug-likeness (QED) is 0.328. The van der Waals surface area contributed by atoms with Crippen LogP contribution in [-0.2, 0) is 14.8 Å². The fraction of sp³-hybridized carbons (Fsp3) is 0.188. The van der Waals surface area contributed by atoms with Gasteiger partial charge in [0.2, 0.25) is 0 Å². The summed E-state index contributed by atoms with van der Waals surface area (Å²) in [5, 5.41) is 3.75. The first-order valence-electron chi connectivity index (χ1n) is 7.50. The maximum atomic E-state index is 14.8. The number of hydrogen-bond donors (Lipinski definition) is 2. The number of ether oxygens (including phenoxy) is 1. The Morgan fingerprint density at radius 2 is 1.86 bits per heavy atom. The van der Waals surface area contributed by atoms with Crippen LogP contribution in [0.5, 0.6) is 0 Å². The van der Waals surface area contributed by atoms with E-state index in [4.69, 9.17) is 11.6 Å². The van der Waals surface area contributed by atoms with Gasteiger partial charge in [0.15, 0.2) is 11.6 Å². The van der Waals surface area contributed by atoms with E-state index in [1.54, 1.807) is 12.1 Å². The van der Waals surface area contributed by atoms with Crippen LogP contribution < -0.4 is 10.1 Å². The predicted octanol–water partition coefficient (Wildman–Crippen LogP) is 3.51. The van der Waals surface area contributed by atoms with E-state index in [0.29, 0.717) is 6.07 Å². The Morgan fingerprint density at radius 3 is 2.39 bits per heavy atom. The third-order valence-electron chi connectivity index (χ3n) is 3.36. The molecule has 0 saturated heterocycles. The Hall–Kier alpha value is -1.54. The number of hydrogen-bond acceptors (Lipinski definition) is 6. The van der Waals surface area contributed by atoms with Gasteiger partial charge in [-0.1, -0.05) is 11.6 Å². The molecule has 0 aromatic heterocycles. The molecule has 0 amide bonds. The minimum absolute atomic E-state index is 0.188. The molecule has 0 atom stereocenters. The zero-order valence-corrected chi connectivity index (χ0v) is 18.5. The second kappa shape index (κ2) is 8.86. The van der Waals surface area contributed by atoms with E-state index in [1.807, 2.05) is 27.4 Å². The third kappa shape index (κ3) is 4.89. The highest BCUT2D eigenvalue weighted by Gasteiger charge is 2.30. The van der Waals surface area contributed by atoms with Crippen molar-refractivity contribution in [2.24, 2.45) is 0 Å². The lowest BCUT2D eigenvalue weighted by Gasteiger charge is -2.17. The summed E-state index contributed by atoms with van der Waals surface area (Å²) in [7, 11) is -0.759. The molecule has 0 heterocycles. The summed E-state index contributed by atoms with van der Waals surface area (Å²) < 4.78 is 59.3. The monoisotopic (exact) mass is 545 g/mol. The number of benzene rings is 2. The van der Waals surface area contributed by atoms with Gasteiger partial charge in [-0.15, -0.1) is 4.83 Å². The average molecular weight is 546 g/mol. The Kier molecular flexibility index (Phi) is 7.20. The largest absolute Gasteiger partial charge is 0.465 e. The number of carbonyl (C=O) groups excluding carboxylic acids is 1. The Morgan fingerprint density at radius 1 is 1.21 bits per heavy atom. The van der Waals surface area contributed by atoms with Crippen LogP contribution in [0.15, 0.2) is 29.2 Å². The third-order valence-corrected chi connectivity index (χ3v) is 5.83. The summed E-state index contributed by atoms with van der Waals surface area (Å²) in [4.78, 5) is 13.1. The highest BCUT2D eigenvalue weighted by Crippen LogP contribution is 2.34. The standard InChI is InChI=1S/C16H15ClF2IN3O4S/c1-23(2)22-28(25,26)12-7-9(16(24)27-3)15(14(19)13(12)18)21-11-5-4-8(20)6-10(11)17/h4-7,21-22H,1-3H3. The van der Waals surface area contributed by atoms with Crippen molar-refractivity contribution in [3.8, 4) is 0 Å². The molecule has 28 heavy (non-hydrogen) atoms. The minimum atomic E-state index is -4.48. The van der Waals surface area contributed by atoms with Crippen LogP contribution >= 0.6 is 34.2 Å². The maximum Gasteiger partial charge on any atom is 0.340 e. The number of sulfonamides is 1. The number of anilines is 2. The van der Waals surface area contributed by atoms with Crippen LogP contribution in [0, 0.1) is 15.2 Å². The smallest absolute Gasteiger partial charge is 0.340 e. The first-order valence-corrected chi connectivity index (χ1v) is 10.4. The molecule has 0 unspecified atom stereocenters. The number of halogens is 4. The van der Waals surface area contributed by atoms with Gasteiger partial charge in [-0.2, -0.15) is 0 Å². The number of hydrazine groups is 1. The van der Waals surface area contributed by atoms with Gasteiger partial charge in [-0.25, -0.2) is 27.0 Å². The van der Waals surface area contributed by atoms with Crippen molar-refractivity contribution < 1.29 is 26.7 Å². The highest BCUT2D eigenvalue weighted by atomic mass is 127. The van der Waals surface area contributed by atoms with Crippen LogP contribution in [0.2, 0.25) is 5.02 Å². The van der Waals surface area contributed by atoms with Gasteiger partial charge in [0.05, 0.1) is 29.1 Å². The zero-order chi connectivity index (χ0) is 21.2. The summed E-state index contributed by atoms with van der Waals surface area (Å²) in [5.41, 5.74) is -0.932. The molecule has 0 aliphatic carbocycles. The van der Waals surface area contributed by atoms with Gasteiger partial charge in [0.1, 0.15) is 4.90 Å².